The molecule has 0 radical (unpaired) electrons. The third-order valence-corrected chi connectivity index (χ3v) is 3.85. The van der Waals surface area contributed by atoms with Crippen LogP contribution in [-0.2, 0) is 9.53 Å². The summed E-state index contributed by atoms with van der Waals surface area (Å²) in [6.45, 7) is 1.77. The Labute approximate surface area is 138 Å². The first-order valence-electron chi connectivity index (χ1n) is 7.16. The number of carbonyl (C=O) groups is 1. The first-order valence-corrected chi connectivity index (χ1v) is 7.16. The third-order valence-electron chi connectivity index (χ3n) is 3.85. The molecule has 2 heterocycles. The SMILES string of the molecule is COC(=O)C1=C(C)Nc2nnnn2C1c1ccc(OC)cc1OC. The van der Waals surface area contributed by atoms with Crippen LogP contribution < -0.4 is 14.8 Å². The van der Waals surface area contributed by atoms with E-state index in [-0.39, 0.29) is 0 Å². The second kappa shape index (κ2) is 6.19. The normalized spacial score (nSPS) is 16.2. The Bertz CT molecular complexity index is 814. The number of carbonyl (C=O) groups excluding carboxylic acids is 1. The molecule has 0 bridgehead atoms. The van der Waals surface area contributed by atoms with E-state index in [1.165, 1.54) is 11.8 Å². The van der Waals surface area contributed by atoms with Gasteiger partial charge < -0.3 is 19.5 Å². The molecule has 1 N–H and O–H groups in total. The Morgan fingerprint density at radius 3 is 2.71 bits per heavy atom. The lowest BCUT2D eigenvalue weighted by molar-refractivity contribution is -0.136. The second-order valence-electron chi connectivity index (χ2n) is 5.11. The van der Waals surface area contributed by atoms with Crippen molar-refractivity contribution in [2.24, 2.45) is 0 Å². The van der Waals surface area contributed by atoms with Crippen molar-refractivity contribution in [3.05, 3.63) is 35.0 Å². The Morgan fingerprint density at radius 1 is 1.25 bits per heavy atom. The van der Waals surface area contributed by atoms with E-state index < -0.39 is 12.0 Å². The molecule has 1 aromatic carbocycles. The van der Waals surface area contributed by atoms with E-state index >= 15 is 0 Å². The molecule has 1 atom stereocenters. The van der Waals surface area contributed by atoms with Crippen molar-refractivity contribution in [2.75, 3.05) is 26.6 Å². The molecule has 0 aliphatic carbocycles. The van der Waals surface area contributed by atoms with Gasteiger partial charge in [-0.25, -0.2) is 4.79 Å². The van der Waals surface area contributed by atoms with Gasteiger partial charge in [-0.2, -0.15) is 4.68 Å². The van der Waals surface area contributed by atoms with Gasteiger partial charge in [-0.1, -0.05) is 5.10 Å². The number of hydrogen-bond acceptors (Lipinski definition) is 8. The summed E-state index contributed by atoms with van der Waals surface area (Å²) in [6.07, 6.45) is 0. The number of hydrogen-bond donors (Lipinski definition) is 1. The minimum atomic E-state index is -0.579. The highest BCUT2D eigenvalue weighted by Crippen LogP contribution is 2.40. The zero-order chi connectivity index (χ0) is 17.3. The average molecular weight is 331 g/mol. The van der Waals surface area contributed by atoms with Crippen molar-refractivity contribution >= 4 is 11.9 Å². The number of anilines is 1. The van der Waals surface area contributed by atoms with Gasteiger partial charge in [0.25, 0.3) is 0 Å². The molecular weight excluding hydrogens is 314 g/mol. The number of allylic oxidation sites excluding steroid dienone is 1. The summed E-state index contributed by atoms with van der Waals surface area (Å²) in [5.74, 6) is 1.16. The number of nitrogens with one attached hydrogen (secondary N) is 1. The van der Waals surface area contributed by atoms with Crippen molar-refractivity contribution in [2.45, 2.75) is 13.0 Å². The minimum absolute atomic E-state index is 0.403. The van der Waals surface area contributed by atoms with Crippen LogP contribution in [0.25, 0.3) is 0 Å². The Kier molecular flexibility index (Phi) is 4.07. The number of esters is 1. The molecule has 126 valence electrons. The topological polar surface area (TPSA) is 100 Å². The maximum Gasteiger partial charge on any atom is 0.338 e. The standard InChI is InChI=1S/C15H17N5O4/c1-8-12(14(21)24-4)13(20-15(16-8)17-18-19-20)10-6-5-9(22-2)7-11(10)23-3/h5-7,13H,1-4H3,(H,16,17,19). The molecule has 1 aliphatic rings. The van der Waals surface area contributed by atoms with Gasteiger partial charge in [0.1, 0.15) is 17.5 Å². The molecule has 24 heavy (non-hydrogen) atoms. The van der Waals surface area contributed by atoms with Crippen molar-refractivity contribution in [1.29, 1.82) is 0 Å². The molecule has 2 aromatic rings. The van der Waals surface area contributed by atoms with Gasteiger partial charge in [-0.05, 0) is 29.5 Å². The van der Waals surface area contributed by atoms with Gasteiger partial charge in [0.05, 0.1) is 26.9 Å². The van der Waals surface area contributed by atoms with Crippen LogP contribution in [-0.4, -0.2) is 47.5 Å². The number of rotatable bonds is 4. The van der Waals surface area contributed by atoms with Crippen LogP contribution in [0.15, 0.2) is 29.5 Å². The van der Waals surface area contributed by atoms with Crippen LogP contribution in [0.1, 0.15) is 18.5 Å². The summed E-state index contributed by atoms with van der Waals surface area (Å²) >= 11 is 0. The molecule has 0 fully saturated rings. The third kappa shape index (κ3) is 2.43. The molecule has 1 unspecified atom stereocenters. The molecule has 0 spiro atoms. The van der Waals surface area contributed by atoms with Crippen LogP contribution in [0.5, 0.6) is 11.5 Å². The number of fused-ring (bicyclic) bond motifs is 1. The van der Waals surface area contributed by atoms with Crippen LogP contribution >= 0.6 is 0 Å². The number of aromatic nitrogens is 4. The summed E-state index contributed by atoms with van der Waals surface area (Å²) in [5.41, 5.74) is 1.74. The highest BCUT2D eigenvalue weighted by molar-refractivity contribution is 5.92. The first-order chi connectivity index (χ1) is 11.6. The average Bonchev–Trinajstić information content (AvgIpc) is 3.07. The van der Waals surface area contributed by atoms with Gasteiger partial charge in [-0.15, -0.1) is 0 Å². The molecular formula is C15H17N5O4. The molecule has 0 saturated heterocycles. The molecule has 9 nitrogen and oxygen atoms in total. The molecule has 0 saturated carbocycles. The fourth-order valence-electron chi connectivity index (χ4n) is 2.72. The van der Waals surface area contributed by atoms with Crippen LogP contribution in [0.3, 0.4) is 0 Å². The Morgan fingerprint density at radius 2 is 2.04 bits per heavy atom. The molecule has 3 rings (SSSR count). The van der Waals surface area contributed by atoms with Gasteiger partial charge in [0, 0.05) is 17.3 Å². The van der Waals surface area contributed by atoms with Crippen molar-refractivity contribution in [3.63, 3.8) is 0 Å². The summed E-state index contributed by atoms with van der Waals surface area (Å²) in [5, 5.41) is 14.6. The van der Waals surface area contributed by atoms with Gasteiger partial charge in [-0.3, -0.25) is 0 Å². The highest BCUT2D eigenvalue weighted by atomic mass is 16.5. The molecule has 0 amide bonds. The van der Waals surface area contributed by atoms with Crippen molar-refractivity contribution < 1.29 is 19.0 Å². The maximum atomic E-state index is 12.3. The minimum Gasteiger partial charge on any atom is -0.497 e. The van der Waals surface area contributed by atoms with Crippen molar-refractivity contribution in [3.8, 4) is 11.5 Å². The van der Waals surface area contributed by atoms with E-state index in [2.05, 4.69) is 20.8 Å². The van der Waals surface area contributed by atoms with Crippen LogP contribution in [0.2, 0.25) is 0 Å². The smallest absolute Gasteiger partial charge is 0.338 e. The quantitative estimate of drug-likeness (QED) is 0.833. The van der Waals surface area contributed by atoms with Gasteiger partial charge in [0.15, 0.2) is 0 Å². The lowest BCUT2D eigenvalue weighted by Crippen LogP contribution is -2.29. The lowest BCUT2D eigenvalue weighted by atomic mass is 9.95. The van der Waals surface area contributed by atoms with Gasteiger partial charge in [0.2, 0.25) is 5.95 Å². The fourth-order valence-corrected chi connectivity index (χ4v) is 2.72. The summed E-state index contributed by atoms with van der Waals surface area (Å²) in [4.78, 5) is 12.3. The van der Waals surface area contributed by atoms with E-state index in [1.807, 2.05) is 6.07 Å². The predicted octanol–water partition coefficient (Wildman–Crippen LogP) is 1.15. The van der Waals surface area contributed by atoms with Crippen LogP contribution in [0.4, 0.5) is 5.95 Å². The van der Waals surface area contributed by atoms with Crippen LogP contribution in [0, 0.1) is 0 Å². The molecule has 9 heteroatoms. The van der Waals surface area contributed by atoms with E-state index in [0.717, 1.165) is 0 Å². The second-order valence-corrected chi connectivity index (χ2v) is 5.11. The Balaban J connectivity index is 2.22. The monoisotopic (exact) mass is 331 g/mol. The van der Waals surface area contributed by atoms with E-state index in [4.69, 9.17) is 14.2 Å². The fraction of sp³-hybridized carbons (Fsp3) is 0.333. The number of tetrazole rings is 1. The zero-order valence-corrected chi connectivity index (χ0v) is 13.7. The highest BCUT2D eigenvalue weighted by Gasteiger charge is 2.36. The van der Waals surface area contributed by atoms with Crippen molar-refractivity contribution in [1.82, 2.24) is 20.2 Å². The largest absolute Gasteiger partial charge is 0.497 e. The number of nitrogens with zero attached hydrogens (tertiary/aromatic N) is 4. The number of ether oxygens (including phenoxy) is 3. The summed E-state index contributed by atoms with van der Waals surface area (Å²) in [7, 11) is 4.45. The summed E-state index contributed by atoms with van der Waals surface area (Å²) in [6, 6.07) is 4.76. The zero-order valence-electron chi connectivity index (χ0n) is 13.7. The number of benzene rings is 1. The first kappa shape index (κ1) is 15.8. The van der Waals surface area contributed by atoms with E-state index in [0.29, 0.717) is 34.3 Å². The Hall–Kier alpha value is -3.10. The maximum absolute atomic E-state index is 12.3. The predicted molar refractivity (Wildman–Crippen MR) is 83.8 cm³/mol. The van der Waals surface area contributed by atoms with Gasteiger partial charge >= 0.3 is 5.97 Å². The molecule has 1 aromatic heterocycles. The summed E-state index contributed by atoms with van der Waals surface area (Å²) < 4.78 is 17.2. The molecule has 1 aliphatic heterocycles. The van der Waals surface area contributed by atoms with E-state index in [1.54, 1.807) is 33.3 Å². The number of methoxy groups -OCH3 is 3. The lowest BCUT2D eigenvalue weighted by Gasteiger charge is -2.28. The van der Waals surface area contributed by atoms with E-state index in [9.17, 15) is 4.79 Å².